The fourth-order valence-electron chi connectivity index (χ4n) is 1.88. The van der Waals surface area contributed by atoms with E-state index in [1.54, 1.807) is 17.1 Å². The smallest absolute Gasteiger partial charge is 0.358 e. The Bertz CT molecular complexity index is 563. The maximum atomic E-state index is 11.1. The average molecular weight is 260 g/mol. The van der Waals surface area contributed by atoms with E-state index >= 15 is 0 Å². The van der Waals surface area contributed by atoms with Crippen LogP contribution in [-0.2, 0) is 13.0 Å². The summed E-state index contributed by atoms with van der Waals surface area (Å²) in [6.45, 7) is 4.55. The summed E-state index contributed by atoms with van der Waals surface area (Å²) in [6, 6.07) is 3.76. The first-order valence-electron chi connectivity index (χ1n) is 6.12. The molecule has 0 unspecified atom stereocenters. The fraction of sp³-hybridized carbons (Fsp3) is 0.385. The van der Waals surface area contributed by atoms with Gasteiger partial charge >= 0.3 is 5.97 Å². The Hall–Kier alpha value is -2.24. The standard InChI is InChI=1S/C13H16N4O2/c1-9(2)6-11-12(13(18)19)15-16-17(11)8-10-4-3-5-14-7-10/h3-5,7,9H,6,8H2,1-2H3,(H,18,19). The predicted molar refractivity (Wildman–Crippen MR) is 68.9 cm³/mol. The van der Waals surface area contributed by atoms with Gasteiger partial charge in [0.2, 0.25) is 0 Å². The minimum atomic E-state index is -1.03. The van der Waals surface area contributed by atoms with Crippen LogP contribution in [0.4, 0.5) is 0 Å². The Balaban J connectivity index is 2.32. The van der Waals surface area contributed by atoms with Crippen LogP contribution in [0, 0.1) is 5.92 Å². The second-order valence-electron chi connectivity index (χ2n) is 4.81. The van der Waals surface area contributed by atoms with Gasteiger partial charge in [-0.15, -0.1) is 5.10 Å². The highest BCUT2D eigenvalue weighted by atomic mass is 16.4. The van der Waals surface area contributed by atoms with Crippen molar-refractivity contribution in [2.24, 2.45) is 5.92 Å². The summed E-state index contributed by atoms with van der Waals surface area (Å²) in [5.74, 6) is -0.697. The van der Waals surface area contributed by atoms with Gasteiger partial charge in [0, 0.05) is 12.4 Å². The van der Waals surface area contributed by atoms with Crippen molar-refractivity contribution in [3.8, 4) is 0 Å². The van der Waals surface area contributed by atoms with Gasteiger partial charge in [0.25, 0.3) is 0 Å². The van der Waals surface area contributed by atoms with Gasteiger partial charge in [-0.25, -0.2) is 9.48 Å². The number of aromatic carboxylic acids is 1. The van der Waals surface area contributed by atoms with Crippen molar-refractivity contribution < 1.29 is 9.90 Å². The van der Waals surface area contributed by atoms with Crippen LogP contribution in [0.2, 0.25) is 0 Å². The normalized spacial score (nSPS) is 10.9. The third-order valence-electron chi connectivity index (χ3n) is 2.70. The second-order valence-corrected chi connectivity index (χ2v) is 4.81. The predicted octanol–water partition coefficient (Wildman–Crippen LogP) is 1.62. The van der Waals surface area contributed by atoms with Crippen LogP contribution in [0.5, 0.6) is 0 Å². The van der Waals surface area contributed by atoms with Crippen molar-refractivity contribution in [1.29, 1.82) is 0 Å². The molecule has 0 saturated carbocycles. The van der Waals surface area contributed by atoms with Crippen molar-refractivity contribution in [1.82, 2.24) is 20.0 Å². The second kappa shape index (κ2) is 5.60. The summed E-state index contributed by atoms with van der Waals surface area (Å²) in [4.78, 5) is 15.2. The molecular weight excluding hydrogens is 244 g/mol. The number of aromatic nitrogens is 4. The topological polar surface area (TPSA) is 80.9 Å². The summed E-state index contributed by atoms with van der Waals surface area (Å²) in [6.07, 6.45) is 4.07. The Kier molecular flexibility index (Phi) is 3.89. The Labute approximate surface area is 111 Å². The molecule has 2 rings (SSSR count). The number of hydrogen-bond acceptors (Lipinski definition) is 4. The molecule has 0 aromatic carbocycles. The molecular formula is C13H16N4O2. The number of hydrogen-bond donors (Lipinski definition) is 1. The minimum absolute atomic E-state index is 0.0394. The van der Waals surface area contributed by atoms with Crippen LogP contribution in [0.25, 0.3) is 0 Å². The quantitative estimate of drug-likeness (QED) is 0.883. The number of carbonyl (C=O) groups is 1. The molecule has 100 valence electrons. The zero-order valence-electron chi connectivity index (χ0n) is 10.9. The van der Waals surface area contributed by atoms with E-state index in [0.717, 1.165) is 5.56 Å². The highest BCUT2D eigenvalue weighted by Gasteiger charge is 2.19. The maximum absolute atomic E-state index is 11.1. The lowest BCUT2D eigenvalue weighted by atomic mass is 10.1. The summed E-state index contributed by atoms with van der Waals surface area (Å²) in [5, 5.41) is 16.8. The van der Waals surface area contributed by atoms with E-state index in [9.17, 15) is 4.79 Å². The van der Waals surface area contributed by atoms with Gasteiger partial charge in [0.1, 0.15) is 0 Å². The lowest BCUT2D eigenvalue weighted by Crippen LogP contribution is -2.12. The molecule has 2 aromatic rings. The zero-order valence-corrected chi connectivity index (χ0v) is 10.9. The van der Waals surface area contributed by atoms with Gasteiger partial charge in [-0.1, -0.05) is 25.1 Å². The van der Waals surface area contributed by atoms with E-state index in [-0.39, 0.29) is 5.69 Å². The third kappa shape index (κ3) is 3.15. The van der Waals surface area contributed by atoms with Gasteiger partial charge in [-0.3, -0.25) is 4.98 Å². The molecule has 6 nitrogen and oxygen atoms in total. The molecule has 0 fully saturated rings. The number of carboxylic acids is 1. The number of rotatable bonds is 5. The number of pyridine rings is 1. The van der Waals surface area contributed by atoms with E-state index < -0.39 is 5.97 Å². The van der Waals surface area contributed by atoms with Crippen LogP contribution in [0.3, 0.4) is 0 Å². The molecule has 0 aliphatic carbocycles. The molecule has 0 bridgehead atoms. The van der Waals surface area contributed by atoms with Crippen LogP contribution < -0.4 is 0 Å². The molecule has 0 saturated heterocycles. The minimum Gasteiger partial charge on any atom is -0.476 e. The molecule has 0 amide bonds. The highest BCUT2D eigenvalue weighted by molar-refractivity contribution is 5.86. The molecule has 2 heterocycles. The monoisotopic (exact) mass is 260 g/mol. The molecule has 6 heteroatoms. The first kappa shape index (κ1) is 13.2. The van der Waals surface area contributed by atoms with Crippen molar-refractivity contribution >= 4 is 5.97 Å². The van der Waals surface area contributed by atoms with Crippen LogP contribution in [0.15, 0.2) is 24.5 Å². The van der Waals surface area contributed by atoms with E-state index in [1.165, 1.54) is 0 Å². The average Bonchev–Trinajstić information content (AvgIpc) is 2.73. The van der Waals surface area contributed by atoms with Crippen molar-refractivity contribution in [2.45, 2.75) is 26.8 Å². The molecule has 0 aliphatic rings. The SMILES string of the molecule is CC(C)Cc1c(C(=O)O)nnn1Cc1cccnc1. The molecule has 0 radical (unpaired) electrons. The van der Waals surface area contributed by atoms with Crippen LogP contribution >= 0.6 is 0 Å². The van der Waals surface area contributed by atoms with Gasteiger partial charge in [0.05, 0.1) is 12.2 Å². The van der Waals surface area contributed by atoms with Crippen LogP contribution in [0.1, 0.15) is 35.6 Å². The van der Waals surface area contributed by atoms with Crippen molar-refractivity contribution in [2.75, 3.05) is 0 Å². The summed E-state index contributed by atoms with van der Waals surface area (Å²) in [5.41, 5.74) is 1.67. The van der Waals surface area contributed by atoms with Gasteiger partial charge in [-0.05, 0) is 24.0 Å². The summed E-state index contributed by atoms with van der Waals surface area (Å²) < 4.78 is 1.64. The van der Waals surface area contributed by atoms with E-state index in [1.807, 2.05) is 26.0 Å². The van der Waals surface area contributed by atoms with E-state index in [2.05, 4.69) is 15.3 Å². The van der Waals surface area contributed by atoms with Gasteiger partial charge in [0.15, 0.2) is 5.69 Å². The Morgan fingerprint density at radius 3 is 2.84 bits per heavy atom. The highest BCUT2D eigenvalue weighted by Crippen LogP contribution is 2.13. The van der Waals surface area contributed by atoms with Crippen LogP contribution in [-0.4, -0.2) is 31.1 Å². The molecule has 19 heavy (non-hydrogen) atoms. The lowest BCUT2D eigenvalue weighted by molar-refractivity contribution is 0.0689. The largest absolute Gasteiger partial charge is 0.476 e. The van der Waals surface area contributed by atoms with E-state index in [4.69, 9.17) is 5.11 Å². The lowest BCUT2D eigenvalue weighted by Gasteiger charge is -2.09. The zero-order chi connectivity index (χ0) is 13.8. The summed E-state index contributed by atoms with van der Waals surface area (Å²) in [7, 11) is 0. The molecule has 0 aliphatic heterocycles. The summed E-state index contributed by atoms with van der Waals surface area (Å²) >= 11 is 0. The first-order chi connectivity index (χ1) is 9.08. The van der Waals surface area contributed by atoms with Gasteiger partial charge < -0.3 is 5.11 Å². The number of nitrogens with zero attached hydrogens (tertiary/aromatic N) is 4. The number of carboxylic acid groups (broad SMARTS) is 1. The fourth-order valence-corrected chi connectivity index (χ4v) is 1.88. The Morgan fingerprint density at radius 2 is 2.26 bits per heavy atom. The van der Waals surface area contributed by atoms with E-state index in [0.29, 0.717) is 24.6 Å². The first-order valence-corrected chi connectivity index (χ1v) is 6.12. The third-order valence-corrected chi connectivity index (χ3v) is 2.70. The maximum Gasteiger partial charge on any atom is 0.358 e. The Morgan fingerprint density at radius 1 is 1.47 bits per heavy atom. The molecule has 0 spiro atoms. The van der Waals surface area contributed by atoms with Crippen molar-refractivity contribution in [3.63, 3.8) is 0 Å². The molecule has 1 N–H and O–H groups in total. The molecule has 0 atom stereocenters. The van der Waals surface area contributed by atoms with Crippen molar-refractivity contribution in [3.05, 3.63) is 41.5 Å². The van der Waals surface area contributed by atoms with Gasteiger partial charge in [-0.2, -0.15) is 0 Å². The molecule has 2 aromatic heterocycles.